The van der Waals surface area contributed by atoms with E-state index in [1.165, 1.54) is 31.2 Å². The molecular formula is C15H24N2. The molecular weight excluding hydrogens is 208 g/mol. The first-order valence-corrected chi connectivity index (χ1v) is 6.80. The smallest absolute Gasteiger partial charge is 0.0335 e. The van der Waals surface area contributed by atoms with E-state index in [1.54, 1.807) is 0 Å². The van der Waals surface area contributed by atoms with Gasteiger partial charge in [-0.2, -0.15) is 0 Å². The van der Waals surface area contributed by atoms with E-state index in [1.807, 2.05) is 18.5 Å². The van der Waals surface area contributed by atoms with Crippen molar-refractivity contribution in [3.05, 3.63) is 30.1 Å². The van der Waals surface area contributed by atoms with Crippen LogP contribution >= 0.6 is 0 Å². The highest BCUT2D eigenvalue weighted by atomic mass is 15.2. The summed E-state index contributed by atoms with van der Waals surface area (Å²) in [7, 11) is 2.26. The van der Waals surface area contributed by atoms with E-state index in [-0.39, 0.29) is 0 Å². The molecule has 0 aromatic carbocycles. The second-order valence-electron chi connectivity index (χ2n) is 5.54. The number of rotatable bonds is 3. The van der Waals surface area contributed by atoms with Crippen LogP contribution in [0.4, 0.5) is 0 Å². The number of aromatic nitrogens is 1. The normalized spacial score (nSPS) is 27.1. The van der Waals surface area contributed by atoms with Crippen LogP contribution in [0.25, 0.3) is 0 Å². The highest BCUT2D eigenvalue weighted by Crippen LogP contribution is 2.30. The van der Waals surface area contributed by atoms with Crippen molar-refractivity contribution in [3.8, 4) is 0 Å². The largest absolute Gasteiger partial charge is 0.297 e. The standard InChI is InChI=1S/C15H24N2/c1-12-6-8-15(9-7-12)17(3)13(2)14-5-4-10-16-11-14/h4-5,10-13,15H,6-9H2,1-3H3/t12-,13?,15+. The fourth-order valence-electron chi connectivity index (χ4n) is 2.82. The summed E-state index contributed by atoms with van der Waals surface area (Å²) in [5, 5.41) is 0. The maximum absolute atomic E-state index is 4.22. The third-order valence-corrected chi connectivity index (χ3v) is 4.34. The lowest BCUT2D eigenvalue weighted by atomic mass is 9.86. The molecule has 2 rings (SSSR count). The van der Waals surface area contributed by atoms with E-state index in [2.05, 4.69) is 36.8 Å². The first-order valence-electron chi connectivity index (χ1n) is 6.80. The molecule has 1 fully saturated rings. The highest BCUT2D eigenvalue weighted by molar-refractivity contribution is 5.13. The summed E-state index contributed by atoms with van der Waals surface area (Å²) in [5.74, 6) is 0.924. The lowest BCUT2D eigenvalue weighted by Gasteiger charge is -2.37. The van der Waals surface area contributed by atoms with E-state index in [0.29, 0.717) is 6.04 Å². The van der Waals surface area contributed by atoms with Gasteiger partial charge in [0, 0.05) is 24.5 Å². The Morgan fingerprint density at radius 2 is 2.00 bits per heavy atom. The van der Waals surface area contributed by atoms with Gasteiger partial charge < -0.3 is 0 Å². The molecule has 1 unspecified atom stereocenters. The monoisotopic (exact) mass is 232 g/mol. The molecule has 1 atom stereocenters. The molecule has 2 nitrogen and oxygen atoms in total. The zero-order valence-electron chi connectivity index (χ0n) is 11.3. The Balaban J connectivity index is 1.98. The summed E-state index contributed by atoms with van der Waals surface area (Å²) >= 11 is 0. The van der Waals surface area contributed by atoms with Crippen LogP contribution in [0.5, 0.6) is 0 Å². The Bertz CT molecular complexity index is 328. The number of hydrogen-bond donors (Lipinski definition) is 0. The molecule has 1 aliphatic rings. The van der Waals surface area contributed by atoms with Gasteiger partial charge in [-0.25, -0.2) is 0 Å². The summed E-state index contributed by atoms with van der Waals surface area (Å²) in [6.07, 6.45) is 9.30. The van der Waals surface area contributed by atoms with E-state index in [0.717, 1.165) is 12.0 Å². The van der Waals surface area contributed by atoms with Crippen molar-refractivity contribution in [2.45, 2.75) is 51.6 Å². The molecule has 94 valence electrons. The quantitative estimate of drug-likeness (QED) is 0.790. The molecule has 1 aromatic rings. The van der Waals surface area contributed by atoms with Crippen LogP contribution in [0.2, 0.25) is 0 Å². The van der Waals surface area contributed by atoms with Gasteiger partial charge in [0.25, 0.3) is 0 Å². The highest BCUT2D eigenvalue weighted by Gasteiger charge is 2.25. The minimum absolute atomic E-state index is 0.474. The fraction of sp³-hybridized carbons (Fsp3) is 0.667. The van der Waals surface area contributed by atoms with Crippen LogP contribution in [0.15, 0.2) is 24.5 Å². The van der Waals surface area contributed by atoms with E-state index in [4.69, 9.17) is 0 Å². The van der Waals surface area contributed by atoms with Crippen LogP contribution in [-0.2, 0) is 0 Å². The summed E-state index contributed by atoms with van der Waals surface area (Å²) in [5.41, 5.74) is 1.33. The van der Waals surface area contributed by atoms with Gasteiger partial charge in [-0.15, -0.1) is 0 Å². The van der Waals surface area contributed by atoms with Crippen LogP contribution in [0.3, 0.4) is 0 Å². The van der Waals surface area contributed by atoms with Gasteiger partial charge in [-0.3, -0.25) is 9.88 Å². The van der Waals surface area contributed by atoms with E-state index < -0.39 is 0 Å². The maximum atomic E-state index is 4.22. The van der Waals surface area contributed by atoms with Crippen molar-refractivity contribution in [2.24, 2.45) is 5.92 Å². The van der Waals surface area contributed by atoms with Crippen molar-refractivity contribution in [1.29, 1.82) is 0 Å². The Morgan fingerprint density at radius 1 is 1.29 bits per heavy atom. The molecule has 0 saturated heterocycles. The number of hydrogen-bond acceptors (Lipinski definition) is 2. The minimum Gasteiger partial charge on any atom is -0.297 e. The summed E-state index contributed by atoms with van der Waals surface area (Å²) in [6.45, 7) is 4.66. The number of pyridine rings is 1. The van der Waals surface area contributed by atoms with Crippen LogP contribution in [-0.4, -0.2) is 23.0 Å². The summed E-state index contributed by atoms with van der Waals surface area (Å²) < 4.78 is 0. The van der Waals surface area contributed by atoms with Crippen molar-refractivity contribution in [2.75, 3.05) is 7.05 Å². The van der Waals surface area contributed by atoms with Crippen molar-refractivity contribution < 1.29 is 0 Å². The lowest BCUT2D eigenvalue weighted by Crippen LogP contribution is -2.36. The molecule has 1 saturated carbocycles. The molecule has 0 amide bonds. The van der Waals surface area contributed by atoms with Crippen LogP contribution < -0.4 is 0 Å². The molecule has 1 heterocycles. The molecule has 0 N–H and O–H groups in total. The summed E-state index contributed by atoms with van der Waals surface area (Å²) in [6, 6.07) is 5.44. The molecule has 0 bridgehead atoms. The Kier molecular flexibility index (Phi) is 4.16. The molecule has 0 spiro atoms. The molecule has 1 aromatic heterocycles. The minimum atomic E-state index is 0.474. The van der Waals surface area contributed by atoms with Gasteiger partial charge in [-0.05, 0) is 57.2 Å². The van der Waals surface area contributed by atoms with Crippen LogP contribution in [0.1, 0.15) is 51.1 Å². The van der Waals surface area contributed by atoms with E-state index in [9.17, 15) is 0 Å². The average molecular weight is 232 g/mol. The molecule has 2 heteroatoms. The predicted octanol–water partition coefficient (Wildman–Crippen LogP) is 3.65. The average Bonchev–Trinajstić information content (AvgIpc) is 2.39. The Labute approximate surface area is 105 Å². The maximum Gasteiger partial charge on any atom is 0.0335 e. The zero-order chi connectivity index (χ0) is 12.3. The molecule has 0 radical (unpaired) electrons. The van der Waals surface area contributed by atoms with Gasteiger partial charge in [0.15, 0.2) is 0 Å². The Morgan fingerprint density at radius 3 is 2.59 bits per heavy atom. The van der Waals surface area contributed by atoms with Crippen LogP contribution in [0, 0.1) is 5.92 Å². The van der Waals surface area contributed by atoms with Gasteiger partial charge in [0.1, 0.15) is 0 Å². The van der Waals surface area contributed by atoms with Gasteiger partial charge in [0.2, 0.25) is 0 Å². The third kappa shape index (κ3) is 3.06. The van der Waals surface area contributed by atoms with Crippen molar-refractivity contribution in [1.82, 2.24) is 9.88 Å². The fourth-order valence-corrected chi connectivity index (χ4v) is 2.82. The zero-order valence-corrected chi connectivity index (χ0v) is 11.3. The molecule has 0 aliphatic heterocycles. The first-order chi connectivity index (χ1) is 8.18. The topological polar surface area (TPSA) is 16.1 Å². The van der Waals surface area contributed by atoms with Gasteiger partial charge in [-0.1, -0.05) is 13.0 Å². The van der Waals surface area contributed by atoms with Crippen molar-refractivity contribution in [3.63, 3.8) is 0 Å². The van der Waals surface area contributed by atoms with Gasteiger partial charge in [0.05, 0.1) is 0 Å². The van der Waals surface area contributed by atoms with Crippen molar-refractivity contribution >= 4 is 0 Å². The first kappa shape index (κ1) is 12.6. The SMILES string of the molecule is CC(c1cccnc1)N(C)[C@H]1CC[C@@H](C)CC1. The lowest BCUT2D eigenvalue weighted by molar-refractivity contribution is 0.131. The second kappa shape index (κ2) is 5.63. The Hall–Kier alpha value is -0.890. The molecule has 1 aliphatic carbocycles. The number of nitrogens with zero attached hydrogens (tertiary/aromatic N) is 2. The molecule has 17 heavy (non-hydrogen) atoms. The van der Waals surface area contributed by atoms with E-state index >= 15 is 0 Å². The summed E-state index contributed by atoms with van der Waals surface area (Å²) in [4.78, 5) is 6.75. The predicted molar refractivity (Wildman–Crippen MR) is 71.8 cm³/mol. The van der Waals surface area contributed by atoms with Gasteiger partial charge >= 0.3 is 0 Å². The third-order valence-electron chi connectivity index (χ3n) is 4.34. The second-order valence-corrected chi connectivity index (χ2v) is 5.54.